The van der Waals surface area contributed by atoms with Gasteiger partial charge in [-0.05, 0) is 41.1 Å². The van der Waals surface area contributed by atoms with Crippen molar-refractivity contribution in [2.24, 2.45) is 0 Å². The van der Waals surface area contributed by atoms with Gasteiger partial charge in [0.25, 0.3) is 0 Å². The van der Waals surface area contributed by atoms with Crippen LogP contribution < -0.4 is 0 Å². The van der Waals surface area contributed by atoms with Gasteiger partial charge >= 0.3 is 0 Å². The molecule has 0 amide bonds. The molecule has 0 saturated carbocycles. The summed E-state index contributed by atoms with van der Waals surface area (Å²) >= 11 is 2.35. The number of hydrogen-bond acceptors (Lipinski definition) is 2. The molecule has 1 aromatic carbocycles. The molecule has 0 aliphatic rings. The molecular weight excluding hydrogens is 363 g/mol. The molecule has 0 N–H and O–H groups in total. The van der Waals surface area contributed by atoms with E-state index >= 15 is 0 Å². The van der Waals surface area contributed by atoms with Crippen LogP contribution in [-0.4, -0.2) is 19.6 Å². The predicted molar refractivity (Wildman–Crippen MR) is 87.4 cm³/mol. The molecule has 2 aromatic heterocycles. The Labute approximate surface area is 131 Å². The third-order valence-electron chi connectivity index (χ3n) is 3.17. The first kappa shape index (κ1) is 13.4. The molecule has 102 valence electrons. The van der Waals surface area contributed by atoms with Crippen LogP contribution >= 0.6 is 22.6 Å². The highest BCUT2D eigenvalue weighted by atomic mass is 127. The molecule has 2 heterocycles. The maximum Gasteiger partial charge on any atom is 0.0690 e. The smallest absolute Gasteiger partial charge is 0.0690 e. The molecule has 0 aliphatic carbocycles. The van der Waals surface area contributed by atoms with Gasteiger partial charge in [0.2, 0.25) is 0 Å². The van der Waals surface area contributed by atoms with Gasteiger partial charge in [-0.1, -0.05) is 18.2 Å². The molecule has 0 spiro atoms. The van der Waals surface area contributed by atoms with Crippen molar-refractivity contribution in [3.63, 3.8) is 0 Å². The van der Waals surface area contributed by atoms with Crippen molar-refractivity contribution < 1.29 is 0 Å². The van der Waals surface area contributed by atoms with E-state index in [2.05, 4.69) is 76.4 Å². The number of nitrogens with zero attached hydrogens (tertiary/aromatic N) is 4. The molecule has 0 atom stereocenters. The van der Waals surface area contributed by atoms with E-state index in [0.717, 1.165) is 18.7 Å². The summed E-state index contributed by atoms with van der Waals surface area (Å²) in [7, 11) is 0. The SMILES string of the molecule is CCn1cc(Cn2cc(-c3ccccc3I)cn2)cn1. The number of aryl methyl sites for hydroxylation is 1. The van der Waals surface area contributed by atoms with Gasteiger partial charge in [-0.2, -0.15) is 10.2 Å². The van der Waals surface area contributed by atoms with Crippen LogP contribution in [0.5, 0.6) is 0 Å². The molecule has 4 nitrogen and oxygen atoms in total. The molecule has 0 radical (unpaired) electrons. The van der Waals surface area contributed by atoms with Gasteiger partial charge in [0, 0.05) is 33.6 Å². The molecule has 3 aromatic rings. The summed E-state index contributed by atoms with van der Waals surface area (Å²) in [5.74, 6) is 0. The largest absolute Gasteiger partial charge is 0.273 e. The lowest BCUT2D eigenvalue weighted by Crippen LogP contribution is -1.99. The van der Waals surface area contributed by atoms with Crippen LogP contribution in [0.4, 0.5) is 0 Å². The van der Waals surface area contributed by atoms with Crippen molar-refractivity contribution in [1.29, 1.82) is 0 Å². The van der Waals surface area contributed by atoms with Crippen LogP contribution in [-0.2, 0) is 13.1 Å². The van der Waals surface area contributed by atoms with Crippen LogP contribution in [0.3, 0.4) is 0 Å². The third-order valence-corrected chi connectivity index (χ3v) is 4.11. The van der Waals surface area contributed by atoms with Gasteiger partial charge in [-0.15, -0.1) is 0 Å². The van der Waals surface area contributed by atoms with Gasteiger partial charge in [0.1, 0.15) is 0 Å². The van der Waals surface area contributed by atoms with Crippen LogP contribution in [0.2, 0.25) is 0 Å². The number of rotatable bonds is 4. The van der Waals surface area contributed by atoms with Crippen LogP contribution in [0.1, 0.15) is 12.5 Å². The second-order valence-corrected chi connectivity index (χ2v) is 5.77. The molecule has 20 heavy (non-hydrogen) atoms. The van der Waals surface area contributed by atoms with E-state index < -0.39 is 0 Å². The summed E-state index contributed by atoms with van der Waals surface area (Å²) in [6, 6.07) is 8.34. The van der Waals surface area contributed by atoms with Crippen LogP contribution in [0.15, 0.2) is 49.1 Å². The Hall–Kier alpha value is -1.63. The minimum atomic E-state index is 0.753. The average Bonchev–Trinajstić information content (AvgIpc) is 3.09. The van der Waals surface area contributed by atoms with Crippen LogP contribution in [0, 0.1) is 3.57 Å². The zero-order valence-corrected chi connectivity index (χ0v) is 13.4. The van der Waals surface area contributed by atoms with E-state index in [9.17, 15) is 0 Å². The minimum Gasteiger partial charge on any atom is -0.273 e. The second kappa shape index (κ2) is 5.78. The minimum absolute atomic E-state index is 0.753. The topological polar surface area (TPSA) is 35.6 Å². The van der Waals surface area contributed by atoms with Gasteiger partial charge in [-0.3, -0.25) is 9.36 Å². The predicted octanol–water partition coefficient (Wildman–Crippen LogP) is 3.42. The first-order valence-electron chi connectivity index (χ1n) is 6.55. The maximum atomic E-state index is 4.44. The fourth-order valence-corrected chi connectivity index (χ4v) is 2.83. The fraction of sp³-hybridized carbons (Fsp3) is 0.200. The standard InChI is InChI=1S/C15H15IN4/c1-2-19-9-12(7-17-19)10-20-11-13(8-18-20)14-5-3-4-6-15(14)16/h3-9,11H,2,10H2,1H3. The first-order valence-corrected chi connectivity index (χ1v) is 7.63. The van der Waals surface area contributed by atoms with E-state index in [1.54, 1.807) is 0 Å². The zero-order chi connectivity index (χ0) is 13.9. The molecular formula is C15H15IN4. The lowest BCUT2D eigenvalue weighted by Gasteiger charge is -2.00. The molecule has 0 saturated heterocycles. The van der Waals surface area contributed by atoms with Crippen molar-refractivity contribution in [3.05, 3.63) is 58.2 Å². The van der Waals surface area contributed by atoms with E-state index in [1.807, 2.05) is 21.8 Å². The average molecular weight is 378 g/mol. The lowest BCUT2D eigenvalue weighted by atomic mass is 10.1. The number of benzene rings is 1. The molecule has 0 unspecified atom stereocenters. The Bertz CT molecular complexity index is 714. The number of hydrogen-bond donors (Lipinski definition) is 0. The highest BCUT2D eigenvalue weighted by Crippen LogP contribution is 2.24. The Kier molecular flexibility index (Phi) is 3.86. The highest BCUT2D eigenvalue weighted by Gasteiger charge is 2.06. The quantitative estimate of drug-likeness (QED) is 0.653. The summed E-state index contributed by atoms with van der Waals surface area (Å²) in [4.78, 5) is 0. The van der Waals surface area contributed by atoms with Crippen LogP contribution in [0.25, 0.3) is 11.1 Å². The monoisotopic (exact) mass is 378 g/mol. The summed E-state index contributed by atoms with van der Waals surface area (Å²) in [6.07, 6.45) is 7.97. The molecule has 0 fully saturated rings. The highest BCUT2D eigenvalue weighted by molar-refractivity contribution is 14.1. The van der Waals surface area contributed by atoms with E-state index in [0.29, 0.717) is 0 Å². The number of halogens is 1. The fourth-order valence-electron chi connectivity index (χ4n) is 2.13. The van der Waals surface area contributed by atoms with Crippen molar-refractivity contribution >= 4 is 22.6 Å². The first-order chi connectivity index (χ1) is 9.76. The van der Waals surface area contributed by atoms with Crippen molar-refractivity contribution in [3.8, 4) is 11.1 Å². The van der Waals surface area contributed by atoms with E-state index in [-0.39, 0.29) is 0 Å². The van der Waals surface area contributed by atoms with E-state index in [4.69, 9.17) is 0 Å². The summed E-state index contributed by atoms with van der Waals surface area (Å²) in [6.45, 7) is 3.73. The number of aromatic nitrogens is 4. The second-order valence-electron chi connectivity index (χ2n) is 4.61. The maximum absolute atomic E-state index is 4.44. The normalized spacial score (nSPS) is 10.9. The summed E-state index contributed by atoms with van der Waals surface area (Å²) in [5.41, 5.74) is 3.55. The molecule has 0 bridgehead atoms. The van der Waals surface area contributed by atoms with Crippen molar-refractivity contribution in [2.75, 3.05) is 0 Å². The van der Waals surface area contributed by atoms with Crippen molar-refractivity contribution in [2.45, 2.75) is 20.0 Å². The van der Waals surface area contributed by atoms with E-state index in [1.165, 1.54) is 14.7 Å². The van der Waals surface area contributed by atoms with Gasteiger partial charge in [0.15, 0.2) is 0 Å². The Morgan fingerprint density at radius 3 is 2.60 bits per heavy atom. The lowest BCUT2D eigenvalue weighted by molar-refractivity contribution is 0.654. The Morgan fingerprint density at radius 1 is 1.05 bits per heavy atom. The molecule has 5 heteroatoms. The van der Waals surface area contributed by atoms with Gasteiger partial charge < -0.3 is 0 Å². The van der Waals surface area contributed by atoms with Gasteiger partial charge in [0.05, 0.1) is 18.9 Å². The van der Waals surface area contributed by atoms with Gasteiger partial charge in [-0.25, -0.2) is 0 Å². The molecule has 3 rings (SSSR count). The zero-order valence-electron chi connectivity index (χ0n) is 11.2. The summed E-state index contributed by atoms with van der Waals surface area (Å²) < 4.78 is 5.12. The molecule has 0 aliphatic heterocycles. The van der Waals surface area contributed by atoms with Crippen molar-refractivity contribution in [1.82, 2.24) is 19.6 Å². The summed E-state index contributed by atoms with van der Waals surface area (Å²) in [5, 5.41) is 8.72. The third kappa shape index (κ3) is 2.77. The Morgan fingerprint density at radius 2 is 1.85 bits per heavy atom. The Balaban J connectivity index is 1.82.